The van der Waals surface area contributed by atoms with E-state index in [0.717, 1.165) is 13.0 Å². The standard InChI is InChI=1S/C18H23N/c19-13-5-10-18-16-8-3-1-6-14(16)11-12-15-7-2-4-9-17(15)18/h3-4,8-10H,1-2,5-7,11-13,19H2. The van der Waals surface area contributed by atoms with E-state index in [1.807, 2.05) is 0 Å². The first-order valence-electron chi connectivity index (χ1n) is 7.58. The lowest BCUT2D eigenvalue weighted by Crippen LogP contribution is -2.02. The van der Waals surface area contributed by atoms with Crippen molar-refractivity contribution in [1.82, 2.24) is 0 Å². The van der Waals surface area contributed by atoms with Gasteiger partial charge in [-0.3, -0.25) is 0 Å². The van der Waals surface area contributed by atoms with Gasteiger partial charge in [-0.1, -0.05) is 41.5 Å². The van der Waals surface area contributed by atoms with Gasteiger partial charge < -0.3 is 5.73 Å². The van der Waals surface area contributed by atoms with E-state index in [1.165, 1.54) is 55.2 Å². The van der Waals surface area contributed by atoms with Crippen molar-refractivity contribution in [3.63, 3.8) is 0 Å². The van der Waals surface area contributed by atoms with Gasteiger partial charge in [0.25, 0.3) is 0 Å². The summed E-state index contributed by atoms with van der Waals surface area (Å²) in [6, 6.07) is 0. The number of hydrogen-bond donors (Lipinski definition) is 1. The highest BCUT2D eigenvalue weighted by Gasteiger charge is 2.22. The highest BCUT2D eigenvalue weighted by molar-refractivity contribution is 5.62. The van der Waals surface area contributed by atoms with Crippen LogP contribution in [0.25, 0.3) is 0 Å². The van der Waals surface area contributed by atoms with Crippen molar-refractivity contribution in [3.05, 3.63) is 58.2 Å². The fourth-order valence-corrected chi connectivity index (χ4v) is 3.40. The Morgan fingerprint density at radius 1 is 0.895 bits per heavy atom. The number of hydrogen-bond acceptors (Lipinski definition) is 1. The van der Waals surface area contributed by atoms with Gasteiger partial charge in [0.1, 0.15) is 0 Å². The predicted octanol–water partition coefficient (Wildman–Crippen LogP) is 4.35. The lowest BCUT2D eigenvalue weighted by atomic mass is 9.86. The Morgan fingerprint density at radius 2 is 1.47 bits per heavy atom. The number of allylic oxidation sites excluding steroid dienone is 9. The summed E-state index contributed by atoms with van der Waals surface area (Å²) in [5.74, 6) is 0. The molecule has 3 aliphatic carbocycles. The molecule has 0 aliphatic heterocycles. The molecule has 0 radical (unpaired) electrons. The summed E-state index contributed by atoms with van der Waals surface area (Å²) in [6.45, 7) is 0.738. The second kappa shape index (κ2) is 5.75. The van der Waals surface area contributed by atoms with Crippen LogP contribution >= 0.6 is 0 Å². The summed E-state index contributed by atoms with van der Waals surface area (Å²) in [6.07, 6.45) is 20.1. The molecule has 0 unspecified atom stereocenters. The average Bonchev–Trinajstić information content (AvgIpc) is 2.62. The molecule has 0 heterocycles. The van der Waals surface area contributed by atoms with Gasteiger partial charge in [0, 0.05) is 0 Å². The van der Waals surface area contributed by atoms with Crippen molar-refractivity contribution in [2.75, 3.05) is 6.54 Å². The molecular formula is C18H23N. The van der Waals surface area contributed by atoms with Crippen molar-refractivity contribution in [3.8, 4) is 0 Å². The fourth-order valence-electron chi connectivity index (χ4n) is 3.40. The Bertz CT molecular complexity index is 470. The summed E-state index contributed by atoms with van der Waals surface area (Å²) >= 11 is 0. The van der Waals surface area contributed by atoms with E-state index < -0.39 is 0 Å². The smallest absolute Gasteiger partial charge is 0.00423 e. The zero-order valence-corrected chi connectivity index (χ0v) is 11.6. The van der Waals surface area contributed by atoms with Crippen molar-refractivity contribution in [1.29, 1.82) is 0 Å². The van der Waals surface area contributed by atoms with Gasteiger partial charge in [0.2, 0.25) is 0 Å². The van der Waals surface area contributed by atoms with Crippen LogP contribution in [0.4, 0.5) is 0 Å². The molecule has 0 saturated carbocycles. The summed E-state index contributed by atoms with van der Waals surface area (Å²) in [4.78, 5) is 0. The molecular weight excluding hydrogens is 230 g/mol. The molecule has 0 bridgehead atoms. The van der Waals surface area contributed by atoms with Gasteiger partial charge in [-0.15, -0.1) is 0 Å². The van der Waals surface area contributed by atoms with Gasteiger partial charge in [-0.25, -0.2) is 0 Å². The second-order valence-corrected chi connectivity index (χ2v) is 5.61. The largest absolute Gasteiger partial charge is 0.330 e. The average molecular weight is 253 g/mol. The second-order valence-electron chi connectivity index (χ2n) is 5.61. The first-order valence-corrected chi connectivity index (χ1v) is 7.58. The van der Waals surface area contributed by atoms with E-state index >= 15 is 0 Å². The van der Waals surface area contributed by atoms with Crippen LogP contribution in [0.2, 0.25) is 0 Å². The molecule has 0 fully saturated rings. The van der Waals surface area contributed by atoms with Crippen molar-refractivity contribution >= 4 is 0 Å². The van der Waals surface area contributed by atoms with E-state index in [-0.39, 0.29) is 0 Å². The molecule has 0 spiro atoms. The lowest BCUT2D eigenvalue weighted by molar-refractivity contribution is 0.792. The minimum absolute atomic E-state index is 0.738. The quantitative estimate of drug-likeness (QED) is 0.778. The van der Waals surface area contributed by atoms with Crippen molar-refractivity contribution in [2.24, 2.45) is 5.73 Å². The molecule has 1 nitrogen and oxygen atoms in total. The molecule has 0 atom stereocenters. The first-order chi connectivity index (χ1) is 9.40. The zero-order chi connectivity index (χ0) is 13.1. The SMILES string of the molecule is NCCC=C1C2=C(CCC=C2)CCC2=C1C=CCC2. The summed E-state index contributed by atoms with van der Waals surface area (Å²) in [5.41, 5.74) is 13.5. The molecule has 3 aliphatic rings. The summed E-state index contributed by atoms with van der Waals surface area (Å²) < 4.78 is 0. The minimum Gasteiger partial charge on any atom is -0.330 e. The zero-order valence-electron chi connectivity index (χ0n) is 11.6. The van der Waals surface area contributed by atoms with E-state index in [0.29, 0.717) is 0 Å². The molecule has 0 aromatic rings. The Morgan fingerprint density at radius 3 is 2.00 bits per heavy atom. The first kappa shape index (κ1) is 12.7. The molecule has 3 rings (SSSR count). The third-order valence-electron chi connectivity index (χ3n) is 4.38. The van der Waals surface area contributed by atoms with Crippen LogP contribution in [0, 0.1) is 0 Å². The molecule has 0 saturated heterocycles. The van der Waals surface area contributed by atoms with E-state index in [9.17, 15) is 0 Å². The topological polar surface area (TPSA) is 26.0 Å². The van der Waals surface area contributed by atoms with Crippen LogP contribution in [0.15, 0.2) is 58.2 Å². The predicted molar refractivity (Wildman–Crippen MR) is 81.8 cm³/mol. The van der Waals surface area contributed by atoms with Crippen LogP contribution in [0.1, 0.15) is 44.9 Å². The molecule has 19 heavy (non-hydrogen) atoms. The molecule has 1 heteroatoms. The third kappa shape index (κ3) is 2.52. The van der Waals surface area contributed by atoms with Gasteiger partial charge in [0.15, 0.2) is 0 Å². The van der Waals surface area contributed by atoms with E-state index in [4.69, 9.17) is 5.73 Å². The molecule has 100 valence electrons. The molecule has 0 aromatic heterocycles. The fraction of sp³-hybridized carbons (Fsp3) is 0.444. The summed E-state index contributed by atoms with van der Waals surface area (Å²) in [5, 5.41) is 0. The highest BCUT2D eigenvalue weighted by Crippen LogP contribution is 2.40. The van der Waals surface area contributed by atoms with Gasteiger partial charge >= 0.3 is 0 Å². The molecule has 0 aromatic carbocycles. The maximum absolute atomic E-state index is 5.71. The third-order valence-corrected chi connectivity index (χ3v) is 4.38. The van der Waals surface area contributed by atoms with Crippen LogP contribution < -0.4 is 5.73 Å². The molecule has 0 amide bonds. The van der Waals surface area contributed by atoms with Crippen LogP contribution in [0.5, 0.6) is 0 Å². The number of rotatable bonds is 2. The van der Waals surface area contributed by atoms with E-state index in [2.05, 4.69) is 30.4 Å². The normalized spacial score (nSPS) is 22.3. The van der Waals surface area contributed by atoms with Gasteiger partial charge in [0.05, 0.1) is 0 Å². The van der Waals surface area contributed by atoms with Crippen LogP contribution in [-0.4, -0.2) is 6.54 Å². The maximum atomic E-state index is 5.71. The Kier molecular flexibility index (Phi) is 3.84. The highest BCUT2D eigenvalue weighted by atomic mass is 14.5. The van der Waals surface area contributed by atoms with Gasteiger partial charge in [-0.2, -0.15) is 0 Å². The Hall–Kier alpha value is -1.34. The van der Waals surface area contributed by atoms with Crippen LogP contribution in [-0.2, 0) is 0 Å². The Balaban J connectivity index is 2.07. The Labute approximate surface area is 116 Å². The summed E-state index contributed by atoms with van der Waals surface area (Å²) in [7, 11) is 0. The lowest BCUT2D eigenvalue weighted by Gasteiger charge is -2.19. The molecule has 2 N–H and O–H groups in total. The van der Waals surface area contributed by atoms with Crippen molar-refractivity contribution in [2.45, 2.75) is 44.9 Å². The van der Waals surface area contributed by atoms with Crippen LogP contribution in [0.3, 0.4) is 0 Å². The van der Waals surface area contributed by atoms with Crippen molar-refractivity contribution < 1.29 is 0 Å². The van der Waals surface area contributed by atoms with Gasteiger partial charge in [-0.05, 0) is 68.2 Å². The monoisotopic (exact) mass is 253 g/mol. The number of nitrogens with two attached hydrogens (primary N) is 1. The minimum atomic E-state index is 0.738. The van der Waals surface area contributed by atoms with E-state index in [1.54, 1.807) is 11.1 Å². The maximum Gasteiger partial charge on any atom is -0.00423 e.